The number of allylic oxidation sites excluding steroid dienone is 2. The topological polar surface area (TPSA) is 67.5 Å². The maximum atomic E-state index is 12.9. The molecule has 2 bridgehead atoms. The van der Waals surface area contributed by atoms with Gasteiger partial charge in [-0.15, -0.1) is 0 Å². The monoisotopic (exact) mass is 428 g/mol. The average molecular weight is 429 g/mol. The molecular weight excluding hydrogens is 403 g/mol. The Morgan fingerprint density at radius 1 is 1.34 bits per heavy atom. The predicted molar refractivity (Wildman–Crippen MR) is 127 cm³/mol. The van der Waals surface area contributed by atoms with Crippen LogP contribution >= 0.6 is 0 Å². The Morgan fingerprint density at radius 2 is 2.19 bits per heavy atom. The van der Waals surface area contributed by atoms with E-state index < -0.39 is 0 Å². The van der Waals surface area contributed by atoms with Crippen molar-refractivity contribution in [2.24, 2.45) is 4.99 Å². The van der Waals surface area contributed by atoms with Crippen LogP contribution in [0, 0.1) is 11.3 Å². The van der Waals surface area contributed by atoms with Gasteiger partial charge in [0.25, 0.3) is 0 Å². The second-order valence-corrected chi connectivity index (χ2v) is 7.93. The van der Waals surface area contributed by atoms with Gasteiger partial charge in [0.1, 0.15) is 11.6 Å². The zero-order valence-corrected chi connectivity index (χ0v) is 18.1. The summed E-state index contributed by atoms with van der Waals surface area (Å²) >= 11 is 0. The minimum absolute atomic E-state index is 0.224. The molecule has 7 heteroatoms. The first-order valence-electron chi connectivity index (χ1n) is 10.5. The van der Waals surface area contributed by atoms with E-state index in [-0.39, 0.29) is 11.9 Å². The lowest BCUT2D eigenvalue weighted by molar-refractivity contribution is 0.466. The molecule has 162 valence electrons. The number of nitrogens with zero attached hydrogens (tertiary/aromatic N) is 5. The molecule has 0 spiro atoms. The molecule has 2 aliphatic heterocycles. The van der Waals surface area contributed by atoms with Gasteiger partial charge in [-0.3, -0.25) is 4.99 Å². The van der Waals surface area contributed by atoms with Gasteiger partial charge in [-0.05, 0) is 44.0 Å². The number of piperidine rings is 1. The highest BCUT2D eigenvalue weighted by Gasteiger charge is 2.36. The van der Waals surface area contributed by atoms with Gasteiger partial charge in [0.2, 0.25) is 0 Å². The van der Waals surface area contributed by atoms with E-state index in [0.29, 0.717) is 17.1 Å². The van der Waals surface area contributed by atoms with Crippen molar-refractivity contribution in [2.45, 2.75) is 25.8 Å². The molecule has 6 nitrogen and oxygen atoms in total. The van der Waals surface area contributed by atoms with E-state index in [1.54, 1.807) is 6.07 Å². The van der Waals surface area contributed by atoms with Crippen LogP contribution in [-0.2, 0) is 0 Å². The van der Waals surface area contributed by atoms with Crippen molar-refractivity contribution in [3.63, 3.8) is 0 Å². The maximum absolute atomic E-state index is 12.9. The summed E-state index contributed by atoms with van der Waals surface area (Å²) in [6, 6.07) is 13.9. The standard InChI is InChI=1S/C25H25FN6/c1-17(26)14-28-15-18(2)29-19(3)32-22-8-5-11-31(16-22)24-10-9-23(30-25(24)32)21-7-4-6-20(12-21)13-27/h4,6-7,9-10,12,14-15,22,29H,2-3,5,8,11,16H2,1H3/b17-14+,28-15?/t22-/m1/s1. The lowest BCUT2D eigenvalue weighted by atomic mass is 9.99. The number of benzene rings is 1. The lowest BCUT2D eigenvalue weighted by Crippen LogP contribution is -2.54. The highest BCUT2D eigenvalue weighted by atomic mass is 19.1. The van der Waals surface area contributed by atoms with Gasteiger partial charge in [0.15, 0.2) is 5.82 Å². The van der Waals surface area contributed by atoms with Crippen molar-refractivity contribution in [2.75, 3.05) is 22.9 Å². The summed E-state index contributed by atoms with van der Waals surface area (Å²) in [5.41, 5.74) is 3.84. The predicted octanol–water partition coefficient (Wildman–Crippen LogP) is 4.89. The Hall–Kier alpha value is -3.92. The number of hydrogen-bond acceptors (Lipinski definition) is 6. The third kappa shape index (κ3) is 4.40. The number of nitrogens with one attached hydrogen (secondary N) is 1. The van der Waals surface area contributed by atoms with Gasteiger partial charge in [-0.25, -0.2) is 9.37 Å². The fraction of sp³-hybridized carbons (Fsp3) is 0.240. The quantitative estimate of drug-likeness (QED) is 0.664. The van der Waals surface area contributed by atoms with Crippen molar-refractivity contribution in [3.8, 4) is 17.3 Å². The normalized spacial score (nSPS) is 17.7. The molecule has 0 radical (unpaired) electrons. The smallest absolute Gasteiger partial charge is 0.158 e. The number of hydrogen-bond donors (Lipinski definition) is 1. The molecule has 0 saturated carbocycles. The lowest BCUT2D eigenvalue weighted by Gasteiger charge is -2.47. The number of rotatable bonds is 6. The van der Waals surface area contributed by atoms with Gasteiger partial charge in [0, 0.05) is 24.9 Å². The molecular formula is C25H25FN6. The van der Waals surface area contributed by atoms with Crippen LogP contribution in [0.15, 0.2) is 78.1 Å². The Labute approximate surface area is 187 Å². The number of halogens is 1. The summed E-state index contributed by atoms with van der Waals surface area (Å²) in [4.78, 5) is 13.4. The number of fused-ring (bicyclic) bond motifs is 4. The molecule has 0 unspecified atom stereocenters. The van der Waals surface area contributed by atoms with E-state index in [4.69, 9.17) is 4.98 Å². The van der Waals surface area contributed by atoms with Gasteiger partial charge in [-0.1, -0.05) is 25.3 Å². The molecule has 32 heavy (non-hydrogen) atoms. The molecule has 2 aromatic rings. The molecule has 0 amide bonds. The zero-order chi connectivity index (χ0) is 22.7. The van der Waals surface area contributed by atoms with Crippen molar-refractivity contribution in [1.82, 2.24) is 10.3 Å². The SMILES string of the molecule is C=C(C=N/C=C(\C)F)NC(=C)N1c2nc(-c3cccc(C#N)c3)ccc2N2CCC[C@@H]1C2. The number of nitriles is 1. The van der Waals surface area contributed by atoms with Gasteiger partial charge < -0.3 is 15.1 Å². The summed E-state index contributed by atoms with van der Waals surface area (Å²) in [6.45, 7) is 11.4. The fourth-order valence-corrected chi connectivity index (χ4v) is 4.19. The first-order chi connectivity index (χ1) is 15.5. The molecule has 4 rings (SSSR count). The van der Waals surface area contributed by atoms with Crippen LogP contribution in [0.3, 0.4) is 0 Å². The Kier molecular flexibility index (Phi) is 6.04. The molecule has 1 saturated heterocycles. The molecule has 2 aliphatic rings. The largest absolute Gasteiger partial charge is 0.366 e. The zero-order valence-electron chi connectivity index (χ0n) is 18.1. The van der Waals surface area contributed by atoms with E-state index in [1.165, 1.54) is 13.1 Å². The number of anilines is 2. The van der Waals surface area contributed by atoms with Gasteiger partial charge in [0.05, 0.1) is 41.0 Å². The second-order valence-electron chi connectivity index (χ2n) is 7.93. The summed E-state index contributed by atoms with van der Waals surface area (Å²) in [7, 11) is 0. The number of aromatic nitrogens is 1. The van der Waals surface area contributed by atoms with Crippen LogP contribution in [0.5, 0.6) is 0 Å². The number of pyridine rings is 1. The Morgan fingerprint density at radius 3 is 2.97 bits per heavy atom. The minimum Gasteiger partial charge on any atom is -0.366 e. The number of aliphatic imine (C=N–C) groups is 1. The highest BCUT2D eigenvalue weighted by molar-refractivity contribution is 5.80. The summed E-state index contributed by atoms with van der Waals surface area (Å²) in [5, 5.41) is 12.4. The van der Waals surface area contributed by atoms with Crippen molar-refractivity contribution in [1.29, 1.82) is 5.26 Å². The molecule has 0 aliphatic carbocycles. The van der Waals surface area contributed by atoms with Crippen LogP contribution in [0.2, 0.25) is 0 Å². The highest BCUT2D eigenvalue weighted by Crippen LogP contribution is 2.40. The van der Waals surface area contributed by atoms with Crippen molar-refractivity contribution in [3.05, 3.63) is 78.7 Å². The molecule has 1 fully saturated rings. The van der Waals surface area contributed by atoms with Crippen molar-refractivity contribution < 1.29 is 4.39 Å². The van der Waals surface area contributed by atoms with E-state index in [0.717, 1.165) is 54.9 Å². The molecule has 3 heterocycles. The fourth-order valence-electron chi connectivity index (χ4n) is 4.19. The van der Waals surface area contributed by atoms with Crippen LogP contribution in [0.25, 0.3) is 11.3 Å². The molecule has 1 aromatic heterocycles. The van der Waals surface area contributed by atoms with Crippen LogP contribution < -0.4 is 15.1 Å². The van der Waals surface area contributed by atoms with E-state index >= 15 is 0 Å². The van der Waals surface area contributed by atoms with Gasteiger partial charge >= 0.3 is 0 Å². The first-order valence-corrected chi connectivity index (χ1v) is 10.5. The van der Waals surface area contributed by atoms with Gasteiger partial charge in [-0.2, -0.15) is 5.26 Å². The summed E-state index contributed by atoms with van der Waals surface area (Å²) < 4.78 is 12.9. The van der Waals surface area contributed by atoms with E-state index in [2.05, 4.69) is 45.4 Å². The van der Waals surface area contributed by atoms with Crippen LogP contribution in [-0.4, -0.2) is 30.3 Å². The summed E-state index contributed by atoms with van der Waals surface area (Å²) in [6.07, 6.45) is 4.71. The molecule has 1 N–H and O–H groups in total. The van der Waals surface area contributed by atoms with E-state index in [1.807, 2.05) is 24.3 Å². The third-order valence-electron chi connectivity index (χ3n) is 5.55. The second kappa shape index (κ2) is 9.06. The summed E-state index contributed by atoms with van der Waals surface area (Å²) in [5.74, 6) is 1.09. The van der Waals surface area contributed by atoms with Crippen molar-refractivity contribution >= 4 is 17.7 Å². The minimum atomic E-state index is -0.377. The third-order valence-corrected chi connectivity index (χ3v) is 5.55. The molecule has 1 atom stereocenters. The van der Waals surface area contributed by atoms with Crippen LogP contribution in [0.1, 0.15) is 25.3 Å². The van der Waals surface area contributed by atoms with Crippen LogP contribution in [0.4, 0.5) is 15.9 Å². The average Bonchev–Trinajstić information content (AvgIpc) is 2.78. The first kappa shape index (κ1) is 21.3. The maximum Gasteiger partial charge on any atom is 0.158 e. The van der Waals surface area contributed by atoms with E-state index in [9.17, 15) is 9.65 Å². The Balaban J connectivity index is 1.68. The Bertz CT molecular complexity index is 1160. The molecule has 1 aromatic carbocycles.